The second kappa shape index (κ2) is 9.98. The number of hydrogen-bond acceptors (Lipinski definition) is 4. The van der Waals surface area contributed by atoms with Crippen LogP contribution in [0.4, 0.5) is 0 Å². The van der Waals surface area contributed by atoms with E-state index < -0.39 is 0 Å². The first-order valence-electron chi connectivity index (χ1n) is 11.0. The van der Waals surface area contributed by atoms with Gasteiger partial charge >= 0.3 is 0 Å². The normalized spacial score (nSPS) is 26.8. The van der Waals surface area contributed by atoms with Gasteiger partial charge in [0.1, 0.15) is 0 Å². The monoisotopic (exact) mass is 409 g/mol. The highest BCUT2D eigenvalue weighted by molar-refractivity contribution is 5.39. The Balaban J connectivity index is 1.72. The van der Waals surface area contributed by atoms with E-state index in [4.69, 9.17) is 4.84 Å². The number of H-pyrrole nitrogens is 1. The Morgan fingerprint density at radius 1 is 1.20 bits per heavy atom. The average molecular weight is 410 g/mol. The van der Waals surface area contributed by atoms with Crippen LogP contribution < -0.4 is 11.0 Å². The van der Waals surface area contributed by atoms with Gasteiger partial charge in [0, 0.05) is 29.6 Å². The van der Waals surface area contributed by atoms with Gasteiger partial charge in [-0.2, -0.15) is 5.48 Å². The van der Waals surface area contributed by atoms with E-state index in [1.165, 1.54) is 25.7 Å². The van der Waals surface area contributed by atoms with E-state index in [2.05, 4.69) is 48.1 Å². The average Bonchev–Trinajstić information content (AvgIpc) is 2.69. The maximum Gasteiger partial charge on any atom is 0.253 e. The van der Waals surface area contributed by atoms with Crippen molar-refractivity contribution in [3.05, 3.63) is 81.3 Å². The van der Waals surface area contributed by atoms with Crippen LogP contribution in [0.15, 0.2) is 58.9 Å². The Morgan fingerprint density at radius 2 is 1.93 bits per heavy atom. The summed E-state index contributed by atoms with van der Waals surface area (Å²) in [6.45, 7) is 13.7. The van der Waals surface area contributed by atoms with Gasteiger partial charge in [0.2, 0.25) is 0 Å². The van der Waals surface area contributed by atoms with Crippen molar-refractivity contribution in [3.8, 4) is 0 Å². The van der Waals surface area contributed by atoms with Crippen LogP contribution in [-0.4, -0.2) is 16.4 Å². The lowest BCUT2D eigenvalue weighted by Crippen LogP contribution is -2.29. The van der Waals surface area contributed by atoms with Gasteiger partial charge in [-0.15, -0.1) is 0 Å². The van der Waals surface area contributed by atoms with Crippen molar-refractivity contribution >= 4 is 0 Å². The van der Waals surface area contributed by atoms with Crippen molar-refractivity contribution in [1.29, 1.82) is 0 Å². The molecule has 0 saturated heterocycles. The molecule has 0 unspecified atom stereocenters. The fourth-order valence-corrected chi connectivity index (χ4v) is 4.28. The largest absolute Gasteiger partial charge is 0.406 e. The van der Waals surface area contributed by atoms with Crippen molar-refractivity contribution in [2.24, 2.45) is 11.8 Å². The third-order valence-corrected chi connectivity index (χ3v) is 6.23. The number of aromatic nitrogens is 1. The van der Waals surface area contributed by atoms with Gasteiger partial charge in [0.15, 0.2) is 5.76 Å². The minimum absolute atomic E-state index is 0.0817. The molecule has 30 heavy (non-hydrogen) atoms. The molecule has 1 aromatic heterocycles. The Labute approximate surface area is 180 Å². The van der Waals surface area contributed by atoms with Gasteiger partial charge in [0.25, 0.3) is 5.56 Å². The molecule has 5 nitrogen and oxygen atoms in total. The number of nitrogens with zero attached hydrogens (tertiary/aromatic N) is 1. The molecule has 0 atom stereocenters. The zero-order valence-corrected chi connectivity index (χ0v) is 18.8. The molecule has 2 aliphatic rings. The number of allylic oxidation sites excluding steroid dienone is 4. The van der Waals surface area contributed by atoms with Crippen LogP contribution in [0.5, 0.6) is 0 Å². The lowest BCUT2D eigenvalue weighted by atomic mass is 9.83. The fraction of sp³-hybridized carbons (Fsp3) is 0.480. The second-order valence-electron chi connectivity index (χ2n) is 8.78. The van der Waals surface area contributed by atoms with Crippen LogP contribution in [0, 0.1) is 25.7 Å². The summed E-state index contributed by atoms with van der Waals surface area (Å²) in [4.78, 5) is 23.4. The summed E-state index contributed by atoms with van der Waals surface area (Å²) in [6, 6.07) is 1.97. The Bertz CT molecular complexity index is 915. The minimum Gasteiger partial charge on any atom is -0.406 e. The van der Waals surface area contributed by atoms with Gasteiger partial charge < -0.3 is 14.7 Å². The molecule has 0 amide bonds. The maximum atomic E-state index is 12.3. The number of aromatic amines is 1. The number of hydroxylamine groups is 1. The van der Waals surface area contributed by atoms with Crippen LogP contribution in [-0.2, 0) is 11.4 Å². The van der Waals surface area contributed by atoms with E-state index in [9.17, 15) is 4.79 Å². The van der Waals surface area contributed by atoms with E-state index in [0.717, 1.165) is 35.0 Å². The van der Waals surface area contributed by atoms with Crippen molar-refractivity contribution in [1.82, 2.24) is 15.4 Å². The molecular formula is C25H35N3O2. The molecule has 0 aromatic carbocycles. The lowest BCUT2D eigenvalue weighted by molar-refractivity contribution is 0.0987. The highest BCUT2D eigenvalue weighted by atomic mass is 16.6. The third-order valence-electron chi connectivity index (χ3n) is 6.23. The molecular weight excluding hydrogens is 374 g/mol. The van der Waals surface area contributed by atoms with Crippen LogP contribution in [0.25, 0.3) is 0 Å². The molecule has 2 heterocycles. The summed E-state index contributed by atoms with van der Waals surface area (Å²) >= 11 is 0. The minimum atomic E-state index is -0.0817. The SMILES string of the molecule is C=C1/C=C\C=C/N(CC2CCC(C)CC2)/C(C)=C\1ONCc1c(C)cc(C)[nH]c1=O. The van der Waals surface area contributed by atoms with Crippen LogP contribution in [0.3, 0.4) is 0 Å². The van der Waals surface area contributed by atoms with Gasteiger partial charge in [-0.1, -0.05) is 38.5 Å². The van der Waals surface area contributed by atoms with E-state index in [-0.39, 0.29) is 5.56 Å². The Morgan fingerprint density at radius 3 is 2.63 bits per heavy atom. The van der Waals surface area contributed by atoms with E-state index in [1.807, 2.05) is 32.1 Å². The van der Waals surface area contributed by atoms with Crippen LogP contribution >= 0.6 is 0 Å². The number of rotatable bonds is 6. The molecule has 1 aliphatic heterocycles. The number of pyridine rings is 1. The maximum absolute atomic E-state index is 12.3. The highest BCUT2D eigenvalue weighted by Crippen LogP contribution is 2.31. The molecule has 3 rings (SSSR count). The first kappa shape index (κ1) is 22.2. The summed E-state index contributed by atoms with van der Waals surface area (Å²) in [7, 11) is 0. The predicted molar refractivity (Wildman–Crippen MR) is 122 cm³/mol. The first-order valence-corrected chi connectivity index (χ1v) is 11.0. The molecule has 0 spiro atoms. The van der Waals surface area contributed by atoms with Crippen LogP contribution in [0.2, 0.25) is 0 Å². The zero-order chi connectivity index (χ0) is 21.7. The number of nitrogens with one attached hydrogen (secondary N) is 2. The molecule has 162 valence electrons. The summed E-state index contributed by atoms with van der Waals surface area (Å²) in [5, 5.41) is 0. The highest BCUT2D eigenvalue weighted by Gasteiger charge is 2.22. The standard InChI is InChI=1S/C25H35N3O2/c1-17-9-11-22(12-10-17)16-28-13-7-6-8-18(2)24(21(28)5)30-26-15-23-19(3)14-20(4)27-25(23)29/h6-8,13-14,17,22,26H,2,9-12,15-16H2,1,3-5H3,(H,27,29)/b8-6-,13-7-,24-21+. The van der Waals surface area contributed by atoms with Crippen LogP contribution in [0.1, 0.15) is 56.4 Å². The van der Waals surface area contributed by atoms with Crippen molar-refractivity contribution < 1.29 is 4.84 Å². The Kier molecular flexibility index (Phi) is 7.38. The molecule has 1 aromatic rings. The van der Waals surface area contributed by atoms with Crippen molar-refractivity contribution in [2.75, 3.05) is 6.54 Å². The van der Waals surface area contributed by atoms with Gasteiger partial charge in [-0.05, 0) is 63.2 Å². The fourth-order valence-electron chi connectivity index (χ4n) is 4.28. The van der Waals surface area contributed by atoms with Gasteiger partial charge in [-0.25, -0.2) is 0 Å². The van der Waals surface area contributed by atoms with Crippen molar-refractivity contribution in [3.63, 3.8) is 0 Å². The first-order chi connectivity index (χ1) is 14.3. The molecule has 0 radical (unpaired) electrons. The van der Waals surface area contributed by atoms with E-state index >= 15 is 0 Å². The van der Waals surface area contributed by atoms with Gasteiger partial charge in [0.05, 0.1) is 12.2 Å². The third kappa shape index (κ3) is 5.54. The zero-order valence-electron chi connectivity index (χ0n) is 18.8. The Hall–Kier alpha value is -2.53. The summed E-state index contributed by atoms with van der Waals surface area (Å²) in [5.74, 6) is 2.25. The smallest absolute Gasteiger partial charge is 0.253 e. The lowest BCUT2D eigenvalue weighted by Gasteiger charge is -2.32. The summed E-state index contributed by atoms with van der Waals surface area (Å²) < 4.78 is 0. The second-order valence-corrected chi connectivity index (χ2v) is 8.78. The summed E-state index contributed by atoms with van der Waals surface area (Å²) in [5.41, 5.74) is 7.23. The van der Waals surface area contributed by atoms with Gasteiger partial charge in [-0.3, -0.25) is 4.79 Å². The predicted octanol–water partition coefficient (Wildman–Crippen LogP) is 5.01. The van der Waals surface area contributed by atoms with E-state index in [0.29, 0.717) is 23.8 Å². The molecule has 0 bridgehead atoms. The topological polar surface area (TPSA) is 57.4 Å². The number of aryl methyl sites for hydroxylation is 2. The molecule has 1 aliphatic carbocycles. The summed E-state index contributed by atoms with van der Waals surface area (Å²) in [6.07, 6.45) is 13.3. The molecule has 1 saturated carbocycles. The number of hydrogen-bond donors (Lipinski definition) is 2. The molecule has 2 N–H and O–H groups in total. The molecule has 5 heteroatoms. The quantitative estimate of drug-likeness (QED) is 0.648. The van der Waals surface area contributed by atoms with E-state index in [1.54, 1.807) is 0 Å². The van der Waals surface area contributed by atoms with Crippen molar-refractivity contribution in [2.45, 2.75) is 59.9 Å². The molecule has 1 fully saturated rings.